The molecule has 0 spiro atoms. The van der Waals surface area contributed by atoms with Crippen LogP contribution in [0, 0.1) is 11.3 Å². The van der Waals surface area contributed by atoms with E-state index in [2.05, 4.69) is 20.8 Å². The SMILES string of the molecule is CC1CC(OC(=O)C(C)N2CCCC2=O)CC(C)(C)C1. The molecule has 2 aliphatic rings. The van der Waals surface area contributed by atoms with E-state index in [1.54, 1.807) is 11.8 Å². The van der Waals surface area contributed by atoms with Gasteiger partial charge in [0, 0.05) is 13.0 Å². The van der Waals surface area contributed by atoms with Crippen molar-refractivity contribution in [2.24, 2.45) is 11.3 Å². The van der Waals surface area contributed by atoms with Crippen LogP contribution < -0.4 is 0 Å². The number of rotatable bonds is 3. The maximum atomic E-state index is 12.2. The molecule has 3 unspecified atom stereocenters. The standard InChI is InChI=1S/C16H27NO3/c1-11-8-13(10-16(3,4)9-11)20-15(19)12(2)17-7-5-6-14(17)18/h11-13H,5-10H2,1-4H3. The number of likely N-dealkylation sites (tertiary alicyclic amines) is 1. The largest absolute Gasteiger partial charge is 0.461 e. The van der Waals surface area contributed by atoms with Gasteiger partial charge in [0.2, 0.25) is 5.91 Å². The first kappa shape index (κ1) is 15.3. The zero-order valence-corrected chi connectivity index (χ0v) is 13.1. The predicted molar refractivity (Wildman–Crippen MR) is 77.1 cm³/mol. The number of hydrogen-bond acceptors (Lipinski definition) is 3. The molecule has 2 fully saturated rings. The summed E-state index contributed by atoms with van der Waals surface area (Å²) >= 11 is 0. The number of amides is 1. The van der Waals surface area contributed by atoms with Crippen LogP contribution in [0.3, 0.4) is 0 Å². The Labute approximate surface area is 121 Å². The molecule has 0 aromatic carbocycles. The van der Waals surface area contributed by atoms with E-state index in [0.717, 1.165) is 19.3 Å². The predicted octanol–water partition coefficient (Wildman–Crippen LogP) is 2.76. The van der Waals surface area contributed by atoms with Crippen LogP contribution >= 0.6 is 0 Å². The Morgan fingerprint density at radius 3 is 2.65 bits per heavy atom. The van der Waals surface area contributed by atoms with Gasteiger partial charge in [0.05, 0.1) is 0 Å². The third kappa shape index (κ3) is 3.53. The fourth-order valence-corrected chi connectivity index (χ4v) is 3.82. The summed E-state index contributed by atoms with van der Waals surface area (Å²) in [5.74, 6) is 0.419. The maximum Gasteiger partial charge on any atom is 0.328 e. The molecule has 4 nitrogen and oxygen atoms in total. The van der Waals surface area contributed by atoms with Gasteiger partial charge in [0.15, 0.2) is 0 Å². The zero-order valence-electron chi connectivity index (χ0n) is 13.1. The second-order valence-electron chi connectivity index (χ2n) is 7.34. The summed E-state index contributed by atoms with van der Waals surface area (Å²) in [6, 6.07) is -0.439. The highest BCUT2D eigenvalue weighted by molar-refractivity contribution is 5.85. The molecule has 0 aromatic heterocycles. The Bertz CT molecular complexity index is 391. The second-order valence-corrected chi connectivity index (χ2v) is 7.34. The van der Waals surface area contributed by atoms with Crippen molar-refractivity contribution in [3.8, 4) is 0 Å². The lowest BCUT2D eigenvalue weighted by atomic mass is 9.71. The van der Waals surface area contributed by atoms with Gasteiger partial charge in [0.25, 0.3) is 0 Å². The van der Waals surface area contributed by atoms with Crippen molar-refractivity contribution < 1.29 is 14.3 Å². The van der Waals surface area contributed by atoms with E-state index in [0.29, 0.717) is 18.9 Å². The lowest BCUT2D eigenvalue weighted by Gasteiger charge is -2.39. The van der Waals surface area contributed by atoms with E-state index in [9.17, 15) is 9.59 Å². The quantitative estimate of drug-likeness (QED) is 0.747. The van der Waals surface area contributed by atoms with Crippen molar-refractivity contribution >= 4 is 11.9 Å². The van der Waals surface area contributed by atoms with Crippen LogP contribution in [0.4, 0.5) is 0 Å². The van der Waals surface area contributed by atoms with Gasteiger partial charge < -0.3 is 9.64 Å². The van der Waals surface area contributed by atoms with Crippen molar-refractivity contribution in [2.45, 2.75) is 71.9 Å². The van der Waals surface area contributed by atoms with E-state index in [4.69, 9.17) is 4.74 Å². The highest BCUT2D eigenvalue weighted by Gasteiger charge is 2.36. The minimum atomic E-state index is -0.439. The highest BCUT2D eigenvalue weighted by Crippen LogP contribution is 2.39. The summed E-state index contributed by atoms with van der Waals surface area (Å²) in [5, 5.41) is 0. The van der Waals surface area contributed by atoms with Gasteiger partial charge in [-0.25, -0.2) is 4.79 Å². The first-order chi connectivity index (χ1) is 9.28. The second kappa shape index (κ2) is 5.74. The zero-order chi connectivity index (χ0) is 14.9. The van der Waals surface area contributed by atoms with Gasteiger partial charge in [-0.15, -0.1) is 0 Å². The Kier molecular flexibility index (Phi) is 4.40. The molecule has 1 amide bonds. The molecule has 0 bridgehead atoms. The molecular formula is C16H27NO3. The van der Waals surface area contributed by atoms with Crippen molar-refractivity contribution in [2.75, 3.05) is 6.54 Å². The van der Waals surface area contributed by atoms with Crippen LogP contribution in [0.2, 0.25) is 0 Å². The molecule has 2 rings (SSSR count). The summed E-state index contributed by atoms with van der Waals surface area (Å²) < 4.78 is 5.69. The van der Waals surface area contributed by atoms with E-state index in [1.807, 2.05) is 0 Å². The minimum absolute atomic E-state index is 0.00130. The fourth-order valence-electron chi connectivity index (χ4n) is 3.82. The molecule has 1 aliphatic heterocycles. The average Bonchev–Trinajstić information content (AvgIpc) is 2.71. The third-order valence-electron chi connectivity index (χ3n) is 4.55. The Morgan fingerprint density at radius 1 is 1.40 bits per heavy atom. The number of nitrogens with zero attached hydrogens (tertiary/aromatic N) is 1. The number of esters is 1. The lowest BCUT2D eigenvalue weighted by molar-refractivity contribution is -0.161. The molecule has 3 atom stereocenters. The van der Waals surface area contributed by atoms with Crippen LogP contribution in [0.1, 0.15) is 59.8 Å². The fraction of sp³-hybridized carbons (Fsp3) is 0.875. The maximum absolute atomic E-state index is 12.2. The molecular weight excluding hydrogens is 254 g/mol. The van der Waals surface area contributed by atoms with Crippen molar-refractivity contribution in [3.63, 3.8) is 0 Å². The first-order valence-electron chi connectivity index (χ1n) is 7.78. The van der Waals surface area contributed by atoms with Crippen LogP contribution in [0.5, 0.6) is 0 Å². The summed E-state index contributed by atoms with van der Waals surface area (Å²) in [7, 11) is 0. The molecule has 4 heteroatoms. The van der Waals surface area contributed by atoms with Gasteiger partial charge in [0.1, 0.15) is 12.1 Å². The number of carbonyl (C=O) groups excluding carboxylic acids is 2. The van der Waals surface area contributed by atoms with E-state index >= 15 is 0 Å². The molecule has 1 heterocycles. The van der Waals surface area contributed by atoms with Crippen LogP contribution in [-0.2, 0) is 14.3 Å². The molecule has 1 aliphatic carbocycles. The molecule has 0 N–H and O–H groups in total. The number of hydrogen-bond donors (Lipinski definition) is 0. The topological polar surface area (TPSA) is 46.6 Å². The van der Waals surface area contributed by atoms with Gasteiger partial charge in [-0.3, -0.25) is 4.79 Å². The Balaban J connectivity index is 1.92. The summed E-state index contributed by atoms with van der Waals surface area (Å²) in [6.07, 6.45) is 4.46. The normalized spacial score (nSPS) is 31.2. The van der Waals surface area contributed by atoms with Gasteiger partial charge in [-0.2, -0.15) is 0 Å². The van der Waals surface area contributed by atoms with Crippen molar-refractivity contribution in [1.82, 2.24) is 4.90 Å². The average molecular weight is 281 g/mol. The Hall–Kier alpha value is -1.06. The molecule has 0 aromatic rings. The number of carbonyl (C=O) groups is 2. The highest BCUT2D eigenvalue weighted by atomic mass is 16.5. The lowest BCUT2D eigenvalue weighted by Crippen LogP contribution is -2.43. The Morgan fingerprint density at radius 2 is 2.10 bits per heavy atom. The van der Waals surface area contributed by atoms with Gasteiger partial charge in [-0.1, -0.05) is 20.8 Å². The number of ether oxygens (including phenoxy) is 1. The van der Waals surface area contributed by atoms with Crippen LogP contribution in [0.15, 0.2) is 0 Å². The molecule has 1 saturated heterocycles. The third-order valence-corrected chi connectivity index (χ3v) is 4.55. The summed E-state index contributed by atoms with van der Waals surface area (Å²) in [4.78, 5) is 25.6. The van der Waals surface area contributed by atoms with Crippen molar-refractivity contribution in [3.05, 3.63) is 0 Å². The summed E-state index contributed by atoms with van der Waals surface area (Å²) in [5.41, 5.74) is 0.231. The monoisotopic (exact) mass is 281 g/mol. The van der Waals surface area contributed by atoms with Crippen molar-refractivity contribution in [1.29, 1.82) is 0 Å². The molecule has 114 valence electrons. The van der Waals surface area contributed by atoms with Crippen LogP contribution in [-0.4, -0.2) is 35.5 Å². The minimum Gasteiger partial charge on any atom is -0.461 e. The van der Waals surface area contributed by atoms with E-state index in [1.165, 1.54) is 6.42 Å². The first-order valence-corrected chi connectivity index (χ1v) is 7.78. The smallest absolute Gasteiger partial charge is 0.328 e. The van der Waals surface area contributed by atoms with Gasteiger partial charge in [-0.05, 0) is 43.9 Å². The molecule has 0 radical (unpaired) electrons. The van der Waals surface area contributed by atoms with Gasteiger partial charge >= 0.3 is 5.97 Å². The summed E-state index contributed by atoms with van der Waals surface area (Å²) in [6.45, 7) is 9.15. The molecule has 20 heavy (non-hydrogen) atoms. The van der Waals surface area contributed by atoms with Crippen LogP contribution in [0.25, 0.3) is 0 Å². The van der Waals surface area contributed by atoms with E-state index in [-0.39, 0.29) is 23.4 Å². The van der Waals surface area contributed by atoms with E-state index < -0.39 is 6.04 Å². The molecule has 1 saturated carbocycles.